The molecule has 1 N–H and O–H groups in total. The average molecular weight is 437 g/mol. The molecule has 0 amide bonds. The number of para-hydroxylation sites is 1. The number of piperazine rings is 1. The minimum absolute atomic E-state index is 0.210. The Labute approximate surface area is 182 Å². The molecule has 0 saturated carbocycles. The summed E-state index contributed by atoms with van der Waals surface area (Å²) in [6, 6.07) is 13.4. The van der Waals surface area contributed by atoms with Crippen molar-refractivity contribution in [1.29, 1.82) is 0 Å². The molecule has 4 nitrogen and oxygen atoms in total. The van der Waals surface area contributed by atoms with Gasteiger partial charge in [0.25, 0.3) is 0 Å². The van der Waals surface area contributed by atoms with E-state index in [0.717, 1.165) is 23.8 Å². The van der Waals surface area contributed by atoms with Crippen molar-refractivity contribution < 1.29 is 23.0 Å². The third-order valence-corrected chi connectivity index (χ3v) is 5.87. The van der Waals surface area contributed by atoms with Gasteiger partial charge in [0.2, 0.25) is 0 Å². The van der Waals surface area contributed by atoms with Crippen molar-refractivity contribution in [2.45, 2.75) is 38.5 Å². The summed E-state index contributed by atoms with van der Waals surface area (Å²) in [5.41, 5.74) is 1.10. The monoisotopic (exact) mass is 436 g/mol. The summed E-state index contributed by atoms with van der Waals surface area (Å²) in [5.74, 6) is 1.20. The van der Waals surface area contributed by atoms with Crippen LogP contribution in [0.1, 0.15) is 37.3 Å². The van der Waals surface area contributed by atoms with E-state index >= 15 is 0 Å². The van der Waals surface area contributed by atoms with E-state index in [0.29, 0.717) is 44.3 Å². The van der Waals surface area contributed by atoms with E-state index in [1.54, 1.807) is 6.07 Å². The minimum atomic E-state index is -4.34. The van der Waals surface area contributed by atoms with Crippen LogP contribution in [-0.2, 0) is 6.18 Å². The fraction of sp³-hybridized carbons (Fsp3) is 0.500. The zero-order valence-corrected chi connectivity index (χ0v) is 18.1. The van der Waals surface area contributed by atoms with Gasteiger partial charge in [-0.1, -0.05) is 38.1 Å². The van der Waals surface area contributed by atoms with Gasteiger partial charge in [-0.3, -0.25) is 4.90 Å². The number of halogens is 3. The maximum Gasteiger partial charge on any atom is 0.416 e. The number of alkyl halides is 3. The fourth-order valence-corrected chi connectivity index (χ4v) is 3.84. The summed E-state index contributed by atoms with van der Waals surface area (Å²) in [6.07, 6.45) is -3.96. The Hall–Kier alpha value is -2.25. The zero-order chi connectivity index (χ0) is 22.4. The first-order valence-electron chi connectivity index (χ1n) is 10.8. The van der Waals surface area contributed by atoms with E-state index in [9.17, 15) is 18.3 Å². The molecule has 3 rings (SSSR count). The number of nitrogens with zero attached hydrogens (tertiary/aromatic N) is 2. The van der Waals surface area contributed by atoms with Gasteiger partial charge < -0.3 is 14.7 Å². The van der Waals surface area contributed by atoms with Crippen LogP contribution in [0.2, 0.25) is 0 Å². The molecule has 0 bridgehead atoms. The van der Waals surface area contributed by atoms with Gasteiger partial charge in [-0.05, 0) is 42.2 Å². The molecule has 1 heterocycles. The van der Waals surface area contributed by atoms with Crippen LogP contribution in [0, 0.1) is 0 Å². The number of β-amino-alcohol motifs (C(OH)–C–C–N with tert-alkyl or cyclic N) is 1. The summed E-state index contributed by atoms with van der Waals surface area (Å²) in [6.45, 7) is 7.56. The van der Waals surface area contributed by atoms with Crippen LogP contribution in [0.5, 0.6) is 5.75 Å². The number of benzene rings is 2. The Balaban J connectivity index is 1.48. The topological polar surface area (TPSA) is 35.9 Å². The van der Waals surface area contributed by atoms with Gasteiger partial charge in [-0.15, -0.1) is 0 Å². The van der Waals surface area contributed by atoms with Gasteiger partial charge in [-0.2, -0.15) is 13.2 Å². The number of aliphatic hydroxyl groups excluding tert-OH is 1. The largest absolute Gasteiger partial charge is 0.491 e. The Morgan fingerprint density at radius 3 is 2.42 bits per heavy atom. The maximum atomic E-state index is 13.0. The summed E-state index contributed by atoms with van der Waals surface area (Å²) < 4.78 is 44.8. The number of hydrogen-bond donors (Lipinski definition) is 1. The number of aliphatic hydroxyl groups is 1. The van der Waals surface area contributed by atoms with E-state index in [1.165, 1.54) is 12.1 Å². The van der Waals surface area contributed by atoms with Gasteiger partial charge in [0.15, 0.2) is 0 Å². The lowest BCUT2D eigenvalue weighted by Gasteiger charge is -2.37. The first kappa shape index (κ1) is 23.4. The number of hydrogen-bond acceptors (Lipinski definition) is 4. The van der Waals surface area contributed by atoms with E-state index in [-0.39, 0.29) is 6.61 Å². The highest BCUT2D eigenvalue weighted by atomic mass is 19.4. The van der Waals surface area contributed by atoms with Crippen LogP contribution in [0.4, 0.5) is 18.9 Å². The lowest BCUT2D eigenvalue weighted by molar-refractivity contribution is -0.137. The second kappa shape index (κ2) is 10.4. The fourth-order valence-electron chi connectivity index (χ4n) is 3.84. The molecule has 1 aliphatic rings. The van der Waals surface area contributed by atoms with Crippen LogP contribution < -0.4 is 9.64 Å². The van der Waals surface area contributed by atoms with Crippen LogP contribution in [0.3, 0.4) is 0 Å². The van der Waals surface area contributed by atoms with Gasteiger partial charge in [0, 0.05) is 38.4 Å². The standard InChI is InChI=1S/C24H31F3N2O2/c1-3-18(2)22-9-4-5-10-23(22)31-17-21(30)16-28-11-13-29(14-12-28)20-8-6-7-19(15-20)24(25,26)27/h4-10,15,18,21,30H,3,11-14,16-17H2,1-2H3/t18-,21-/m0/s1. The Bertz CT molecular complexity index is 836. The highest BCUT2D eigenvalue weighted by Gasteiger charge is 2.31. The minimum Gasteiger partial charge on any atom is -0.491 e. The normalized spacial score (nSPS) is 17.4. The quantitative estimate of drug-likeness (QED) is 0.646. The lowest BCUT2D eigenvalue weighted by Crippen LogP contribution is -2.49. The maximum absolute atomic E-state index is 13.0. The van der Waals surface area contributed by atoms with Crippen molar-refractivity contribution >= 4 is 5.69 Å². The molecule has 0 spiro atoms. The van der Waals surface area contributed by atoms with E-state index in [2.05, 4.69) is 24.8 Å². The van der Waals surface area contributed by atoms with Crippen molar-refractivity contribution in [3.05, 3.63) is 59.7 Å². The third kappa shape index (κ3) is 6.37. The molecule has 1 saturated heterocycles. The first-order chi connectivity index (χ1) is 14.8. The molecular weight excluding hydrogens is 405 g/mol. The number of ether oxygens (including phenoxy) is 1. The molecule has 170 valence electrons. The van der Waals surface area contributed by atoms with Gasteiger partial charge in [-0.25, -0.2) is 0 Å². The Kier molecular flexibility index (Phi) is 7.84. The molecule has 2 atom stereocenters. The van der Waals surface area contributed by atoms with Crippen LogP contribution in [0.25, 0.3) is 0 Å². The SMILES string of the molecule is CC[C@H](C)c1ccccc1OC[C@@H](O)CN1CCN(c2cccc(C(F)(F)F)c2)CC1. The summed E-state index contributed by atoms with van der Waals surface area (Å²) >= 11 is 0. The van der Waals surface area contributed by atoms with Crippen molar-refractivity contribution in [3.8, 4) is 5.75 Å². The highest BCUT2D eigenvalue weighted by molar-refractivity contribution is 5.49. The summed E-state index contributed by atoms with van der Waals surface area (Å²) in [4.78, 5) is 4.08. The van der Waals surface area contributed by atoms with Crippen LogP contribution >= 0.6 is 0 Å². The van der Waals surface area contributed by atoms with Crippen molar-refractivity contribution in [2.75, 3.05) is 44.2 Å². The molecule has 7 heteroatoms. The predicted octanol–water partition coefficient (Wildman–Crippen LogP) is 4.78. The second-order valence-electron chi connectivity index (χ2n) is 8.15. The molecule has 0 radical (unpaired) electrons. The second-order valence-corrected chi connectivity index (χ2v) is 8.15. The molecule has 2 aromatic carbocycles. The average Bonchev–Trinajstić information content (AvgIpc) is 2.77. The Morgan fingerprint density at radius 1 is 1.03 bits per heavy atom. The summed E-state index contributed by atoms with van der Waals surface area (Å²) in [5, 5.41) is 10.5. The molecule has 1 fully saturated rings. The molecule has 0 aromatic heterocycles. The van der Waals surface area contributed by atoms with Gasteiger partial charge in [0.05, 0.1) is 5.56 Å². The third-order valence-electron chi connectivity index (χ3n) is 5.87. The highest BCUT2D eigenvalue weighted by Crippen LogP contribution is 2.32. The van der Waals surface area contributed by atoms with E-state index in [1.807, 2.05) is 23.1 Å². The van der Waals surface area contributed by atoms with E-state index in [4.69, 9.17) is 4.74 Å². The predicted molar refractivity (Wildman–Crippen MR) is 117 cm³/mol. The molecule has 1 aliphatic heterocycles. The number of anilines is 1. The molecule has 0 unspecified atom stereocenters. The van der Waals surface area contributed by atoms with Crippen LogP contribution in [-0.4, -0.2) is 55.4 Å². The lowest BCUT2D eigenvalue weighted by atomic mass is 9.98. The van der Waals surface area contributed by atoms with Crippen molar-refractivity contribution in [2.24, 2.45) is 0 Å². The number of rotatable bonds is 8. The molecule has 2 aromatic rings. The Morgan fingerprint density at radius 2 is 1.74 bits per heavy atom. The zero-order valence-electron chi connectivity index (χ0n) is 18.1. The van der Waals surface area contributed by atoms with Crippen molar-refractivity contribution in [3.63, 3.8) is 0 Å². The molecular formula is C24H31F3N2O2. The van der Waals surface area contributed by atoms with E-state index < -0.39 is 17.8 Å². The van der Waals surface area contributed by atoms with Gasteiger partial charge >= 0.3 is 6.18 Å². The smallest absolute Gasteiger partial charge is 0.416 e. The summed E-state index contributed by atoms with van der Waals surface area (Å²) in [7, 11) is 0. The van der Waals surface area contributed by atoms with Crippen LogP contribution in [0.15, 0.2) is 48.5 Å². The first-order valence-corrected chi connectivity index (χ1v) is 10.8. The molecule has 0 aliphatic carbocycles. The van der Waals surface area contributed by atoms with Crippen molar-refractivity contribution in [1.82, 2.24) is 4.90 Å². The molecule has 31 heavy (non-hydrogen) atoms. The van der Waals surface area contributed by atoms with Gasteiger partial charge in [0.1, 0.15) is 18.5 Å².